The average molecular weight is 317 g/mol. The molecule has 1 amide bonds. The number of carbonyl (C=O) groups is 1. The van der Waals surface area contributed by atoms with Crippen molar-refractivity contribution in [2.75, 3.05) is 26.3 Å². The van der Waals surface area contributed by atoms with Gasteiger partial charge < -0.3 is 15.0 Å². The highest BCUT2D eigenvalue weighted by molar-refractivity contribution is 7.09. The van der Waals surface area contributed by atoms with Gasteiger partial charge in [0.1, 0.15) is 0 Å². The summed E-state index contributed by atoms with van der Waals surface area (Å²) in [6.45, 7) is 7.15. The van der Waals surface area contributed by atoms with Gasteiger partial charge in [-0.05, 0) is 11.4 Å². The lowest BCUT2D eigenvalue weighted by Crippen LogP contribution is -2.45. The Bertz CT molecular complexity index is 405. The van der Waals surface area contributed by atoms with Crippen LogP contribution >= 0.6 is 23.7 Å². The maximum Gasteiger partial charge on any atom is 0.224 e. The zero-order valence-electron chi connectivity index (χ0n) is 11.4. The Morgan fingerprint density at radius 3 is 3.10 bits per heavy atom. The summed E-state index contributed by atoms with van der Waals surface area (Å²) in [5.74, 6) is 0.149. The van der Waals surface area contributed by atoms with E-state index >= 15 is 0 Å². The molecule has 1 aliphatic rings. The Balaban J connectivity index is 0.00000200. The number of nitrogens with one attached hydrogen (secondary N) is 1. The van der Waals surface area contributed by atoms with Crippen LogP contribution in [0.25, 0.3) is 0 Å². The minimum atomic E-state index is 0. The molecule has 1 fully saturated rings. The normalized spacial score (nSPS) is 18.1. The van der Waals surface area contributed by atoms with E-state index in [-0.39, 0.29) is 24.4 Å². The number of carbonyl (C=O) groups excluding carboxylic acids is 1. The van der Waals surface area contributed by atoms with Crippen molar-refractivity contribution in [3.63, 3.8) is 0 Å². The van der Waals surface area contributed by atoms with Crippen LogP contribution in [0.2, 0.25) is 0 Å². The quantitative estimate of drug-likeness (QED) is 0.817. The maximum atomic E-state index is 12.3. The number of nitrogens with zero attached hydrogens (tertiary/aromatic N) is 1. The number of thiophene rings is 1. The molecule has 1 aromatic rings. The van der Waals surface area contributed by atoms with Crippen LogP contribution in [-0.2, 0) is 16.1 Å². The van der Waals surface area contributed by atoms with Crippen LogP contribution < -0.4 is 5.32 Å². The lowest BCUT2D eigenvalue weighted by molar-refractivity contribution is -0.132. The second-order valence-corrected chi connectivity index (χ2v) is 5.60. The standard InChI is InChI=1S/C14H20N2O2S.ClH/c1-2-6-16(10-13-4-3-8-19-13)14(17)9-12-11-18-7-5-15-12;/h2-4,8,12,15H,1,5-7,9-11H2;1H. The molecule has 0 saturated carbocycles. The van der Waals surface area contributed by atoms with Gasteiger partial charge in [-0.3, -0.25) is 4.79 Å². The minimum Gasteiger partial charge on any atom is -0.378 e. The number of rotatable bonds is 6. The molecule has 0 aromatic carbocycles. The fourth-order valence-corrected chi connectivity index (χ4v) is 2.81. The molecule has 112 valence electrons. The van der Waals surface area contributed by atoms with Crippen LogP contribution in [0.1, 0.15) is 11.3 Å². The summed E-state index contributed by atoms with van der Waals surface area (Å²) < 4.78 is 5.38. The largest absolute Gasteiger partial charge is 0.378 e. The first-order valence-electron chi connectivity index (χ1n) is 6.52. The fourth-order valence-electron chi connectivity index (χ4n) is 2.09. The summed E-state index contributed by atoms with van der Waals surface area (Å²) in [6, 6.07) is 4.19. The third kappa shape index (κ3) is 5.25. The van der Waals surface area contributed by atoms with Crippen molar-refractivity contribution in [1.82, 2.24) is 10.2 Å². The summed E-state index contributed by atoms with van der Waals surface area (Å²) in [6.07, 6.45) is 2.26. The SMILES string of the molecule is C=CCN(Cc1cccs1)C(=O)CC1COCCN1.Cl. The molecule has 0 radical (unpaired) electrons. The van der Waals surface area contributed by atoms with Crippen LogP contribution in [0.5, 0.6) is 0 Å². The van der Waals surface area contributed by atoms with Crippen LogP contribution in [0.15, 0.2) is 30.2 Å². The number of amides is 1. The Hall–Kier alpha value is -0.880. The zero-order valence-corrected chi connectivity index (χ0v) is 13.0. The van der Waals surface area contributed by atoms with Crippen molar-refractivity contribution in [2.45, 2.75) is 19.0 Å². The molecule has 6 heteroatoms. The third-order valence-corrected chi connectivity index (χ3v) is 3.91. The van der Waals surface area contributed by atoms with Gasteiger partial charge in [0.15, 0.2) is 0 Å². The number of morpholine rings is 1. The van der Waals surface area contributed by atoms with Gasteiger partial charge in [0.25, 0.3) is 0 Å². The fraction of sp³-hybridized carbons (Fsp3) is 0.500. The van der Waals surface area contributed by atoms with Crippen LogP contribution in [-0.4, -0.2) is 43.2 Å². The van der Waals surface area contributed by atoms with Crippen molar-refractivity contribution in [3.8, 4) is 0 Å². The second-order valence-electron chi connectivity index (χ2n) is 4.57. The summed E-state index contributed by atoms with van der Waals surface area (Å²) in [4.78, 5) is 15.4. The molecule has 2 heterocycles. The molecule has 1 atom stereocenters. The van der Waals surface area contributed by atoms with Gasteiger partial charge in [-0.1, -0.05) is 12.1 Å². The molecule has 0 spiro atoms. The molecular formula is C14H21ClN2O2S. The Morgan fingerprint density at radius 1 is 1.65 bits per heavy atom. The minimum absolute atomic E-state index is 0. The van der Waals surface area contributed by atoms with E-state index in [4.69, 9.17) is 4.74 Å². The van der Waals surface area contributed by atoms with Crippen LogP contribution in [0, 0.1) is 0 Å². The highest BCUT2D eigenvalue weighted by Crippen LogP contribution is 2.13. The van der Waals surface area contributed by atoms with Gasteiger partial charge >= 0.3 is 0 Å². The Morgan fingerprint density at radius 2 is 2.50 bits per heavy atom. The molecule has 0 aliphatic carbocycles. The van der Waals surface area contributed by atoms with Gasteiger partial charge in [-0.2, -0.15) is 0 Å². The van der Waals surface area contributed by atoms with Crippen molar-refractivity contribution < 1.29 is 9.53 Å². The monoisotopic (exact) mass is 316 g/mol. The average Bonchev–Trinajstić information content (AvgIpc) is 2.92. The van der Waals surface area contributed by atoms with Gasteiger partial charge in [0.2, 0.25) is 5.91 Å². The number of hydrogen-bond acceptors (Lipinski definition) is 4. The molecule has 1 N–H and O–H groups in total. The third-order valence-electron chi connectivity index (χ3n) is 3.05. The summed E-state index contributed by atoms with van der Waals surface area (Å²) in [7, 11) is 0. The second kappa shape index (κ2) is 9.13. The van der Waals surface area contributed by atoms with Crippen molar-refractivity contribution in [3.05, 3.63) is 35.0 Å². The summed E-state index contributed by atoms with van der Waals surface area (Å²) in [5.41, 5.74) is 0. The van der Waals surface area contributed by atoms with Crippen molar-refractivity contribution in [2.24, 2.45) is 0 Å². The highest BCUT2D eigenvalue weighted by atomic mass is 35.5. The molecule has 1 unspecified atom stereocenters. The molecule has 1 saturated heterocycles. The summed E-state index contributed by atoms with van der Waals surface area (Å²) in [5, 5.41) is 5.34. The van der Waals surface area contributed by atoms with E-state index in [0.717, 1.165) is 13.2 Å². The number of hydrogen-bond donors (Lipinski definition) is 1. The first-order valence-corrected chi connectivity index (χ1v) is 7.39. The van der Waals surface area contributed by atoms with Crippen LogP contribution in [0.4, 0.5) is 0 Å². The first kappa shape index (κ1) is 17.2. The molecule has 1 aliphatic heterocycles. The molecule has 4 nitrogen and oxygen atoms in total. The zero-order chi connectivity index (χ0) is 13.5. The molecular weight excluding hydrogens is 296 g/mol. The predicted octanol–water partition coefficient (Wildman–Crippen LogP) is 2.06. The number of halogens is 1. The maximum absolute atomic E-state index is 12.3. The number of ether oxygens (including phenoxy) is 1. The van der Waals surface area contributed by atoms with Gasteiger partial charge in [0, 0.05) is 30.4 Å². The lowest BCUT2D eigenvalue weighted by Gasteiger charge is -2.27. The highest BCUT2D eigenvalue weighted by Gasteiger charge is 2.20. The topological polar surface area (TPSA) is 41.6 Å². The summed E-state index contributed by atoms with van der Waals surface area (Å²) >= 11 is 1.67. The van der Waals surface area contributed by atoms with E-state index in [1.807, 2.05) is 16.3 Å². The Labute approximate surface area is 130 Å². The molecule has 1 aromatic heterocycles. The van der Waals surface area contributed by atoms with E-state index in [1.165, 1.54) is 4.88 Å². The van der Waals surface area contributed by atoms with E-state index in [0.29, 0.717) is 26.1 Å². The van der Waals surface area contributed by atoms with E-state index in [9.17, 15) is 4.79 Å². The smallest absolute Gasteiger partial charge is 0.224 e. The first-order chi connectivity index (χ1) is 9.29. The lowest BCUT2D eigenvalue weighted by atomic mass is 10.1. The molecule has 0 bridgehead atoms. The van der Waals surface area contributed by atoms with Crippen LogP contribution in [0.3, 0.4) is 0 Å². The molecule has 20 heavy (non-hydrogen) atoms. The van der Waals surface area contributed by atoms with Crippen molar-refractivity contribution >= 4 is 29.7 Å². The van der Waals surface area contributed by atoms with Gasteiger partial charge in [-0.25, -0.2) is 0 Å². The predicted molar refractivity (Wildman–Crippen MR) is 84.4 cm³/mol. The van der Waals surface area contributed by atoms with Gasteiger partial charge in [-0.15, -0.1) is 30.3 Å². The van der Waals surface area contributed by atoms with Gasteiger partial charge in [0.05, 0.1) is 19.8 Å². The van der Waals surface area contributed by atoms with Crippen molar-refractivity contribution in [1.29, 1.82) is 0 Å². The Kier molecular flexibility index (Phi) is 7.84. The van der Waals surface area contributed by atoms with E-state index < -0.39 is 0 Å². The van der Waals surface area contributed by atoms with E-state index in [1.54, 1.807) is 17.4 Å². The van der Waals surface area contributed by atoms with E-state index in [2.05, 4.69) is 18.0 Å². The molecule has 2 rings (SSSR count).